The first kappa shape index (κ1) is 18.1. The quantitative estimate of drug-likeness (QED) is 0.416. The Labute approximate surface area is 175 Å². The highest BCUT2D eigenvalue weighted by Crippen LogP contribution is 2.34. The molecular formula is C26H20N2O2. The molecule has 0 radical (unpaired) electrons. The van der Waals surface area contributed by atoms with E-state index in [4.69, 9.17) is 9.84 Å². The fourth-order valence-corrected chi connectivity index (χ4v) is 3.59. The number of ketones is 1. The molecule has 4 aromatic rings. The summed E-state index contributed by atoms with van der Waals surface area (Å²) in [6.45, 7) is 4.02. The predicted octanol–water partition coefficient (Wildman–Crippen LogP) is 5.77. The van der Waals surface area contributed by atoms with E-state index in [2.05, 4.69) is 19.1 Å². The predicted molar refractivity (Wildman–Crippen MR) is 118 cm³/mol. The molecule has 4 heteroatoms. The van der Waals surface area contributed by atoms with Gasteiger partial charge in [-0.3, -0.25) is 4.79 Å². The Bertz CT molecular complexity index is 1280. The van der Waals surface area contributed by atoms with Crippen LogP contribution >= 0.6 is 0 Å². The molecule has 0 saturated carbocycles. The van der Waals surface area contributed by atoms with Crippen molar-refractivity contribution in [2.45, 2.75) is 13.8 Å². The number of carbonyl (C=O) groups excluding carboxylic acids is 1. The normalized spacial score (nSPS) is 14.1. The lowest BCUT2D eigenvalue weighted by molar-refractivity contribution is 0.101. The molecule has 0 spiro atoms. The number of benzene rings is 3. The van der Waals surface area contributed by atoms with Crippen LogP contribution in [0.15, 0.2) is 84.8 Å². The van der Waals surface area contributed by atoms with E-state index in [0.29, 0.717) is 17.1 Å². The van der Waals surface area contributed by atoms with Crippen LogP contribution in [-0.2, 0) is 0 Å². The van der Waals surface area contributed by atoms with Gasteiger partial charge in [0.1, 0.15) is 11.4 Å². The number of hydrogen-bond donors (Lipinski definition) is 0. The first-order valence-corrected chi connectivity index (χ1v) is 9.85. The van der Waals surface area contributed by atoms with Crippen molar-refractivity contribution < 1.29 is 9.53 Å². The summed E-state index contributed by atoms with van der Waals surface area (Å²) in [7, 11) is 0. The Balaban J connectivity index is 1.62. The molecule has 2 heterocycles. The molecule has 0 atom stereocenters. The number of ether oxygens (including phenoxy) is 1. The summed E-state index contributed by atoms with van der Waals surface area (Å²) in [5.41, 5.74) is 6.39. The van der Waals surface area contributed by atoms with Gasteiger partial charge in [-0.05, 0) is 44.2 Å². The first-order chi connectivity index (χ1) is 14.6. The third kappa shape index (κ3) is 3.22. The summed E-state index contributed by atoms with van der Waals surface area (Å²) in [5, 5.41) is 4.82. The van der Waals surface area contributed by atoms with Crippen molar-refractivity contribution >= 4 is 11.9 Å². The molecule has 146 valence electrons. The minimum Gasteiger partial charge on any atom is -0.452 e. The molecule has 5 rings (SSSR count). The molecule has 1 aliphatic rings. The van der Waals surface area contributed by atoms with E-state index in [0.717, 1.165) is 28.1 Å². The third-order valence-electron chi connectivity index (χ3n) is 5.20. The highest BCUT2D eigenvalue weighted by Gasteiger charge is 2.28. The second-order valence-corrected chi connectivity index (χ2v) is 7.52. The molecule has 0 fully saturated rings. The average Bonchev–Trinajstić information content (AvgIpc) is 3.31. The van der Waals surface area contributed by atoms with E-state index < -0.39 is 0 Å². The van der Waals surface area contributed by atoms with Gasteiger partial charge in [0, 0.05) is 17.3 Å². The van der Waals surface area contributed by atoms with Crippen LogP contribution in [0.2, 0.25) is 0 Å². The summed E-state index contributed by atoms with van der Waals surface area (Å²) in [4.78, 5) is 12.9. The maximum absolute atomic E-state index is 12.9. The number of rotatable bonds is 3. The Kier molecular flexibility index (Phi) is 4.32. The fourth-order valence-electron chi connectivity index (χ4n) is 3.59. The van der Waals surface area contributed by atoms with E-state index in [1.165, 1.54) is 5.56 Å². The molecule has 4 nitrogen and oxygen atoms in total. The van der Waals surface area contributed by atoms with Crippen LogP contribution < -0.4 is 4.74 Å². The van der Waals surface area contributed by atoms with Crippen molar-refractivity contribution in [1.29, 1.82) is 0 Å². The highest BCUT2D eigenvalue weighted by molar-refractivity contribution is 6.14. The molecule has 0 N–H and O–H groups in total. The number of allylic oxidation sites excluding steroid dienone is 1. The maximum Gasteiger partial charge on any atom is 0.231 e. The van der Waals surface area contributed by atoms with Crippen molar-refractivity contribution in [3.8, 4) is 22.7 Å². The Morgan fingerprint density at radius 3 is 2.40 bits per heavy atom. The van der Waals surface area contributed by atoms with E-state index in [-0.39, 0.29) is 5.78 Å². The number of para-hydroxylation sites is 1. The van der Waals surface area contributed by atoms with Crippen molar-refractivity contribution in [3.63, 3.8) is 0 Å². The van der Waals surface area contributed by atoms with Gasteiger partial charge in [0.2, 0.25) is 5.78 Å². The maximum atomic E-state index is 12.9. The molecule has 0 saturated heterocycles. The number of aromatic nitrogens is 2. The van der Waals surface area contributed by atoms with Crippen molar-refractivity contribution in [3.05, 3.63) is 107 Å². The molecule has 0 aliphatic carbocycles. The molecule has 0 bridgehead atoms. The summed E-state index contributed by atoms with van der Waals surface area (Å²) in [5.74, 6) is 0.816. The van der Waals surface area contributed by atoms with Gasteiger partial charge in [-0.25, -0.2) is 4.68 Å². The molecular weight excluding hydrogens is 372 g/mol. The number of fused-ring (bicyclic) bond motifs is 1. The van der Waals surface area contributed by atoms with Crippen LogP contribution in [0.25, 0.3) is 23.0 Å². The summed E-state index contributed by atoms with van der Waals surface area (Å²) < 4.78 is 7.71. The lowest BCUT2D eigenvalue weighted by Crippen LogP contribution is -1.98. The number of aryl methyl sites for hydroxylation is 2. The topological polar surface area (TPSA) is 44.1 Å². The molecule has 0 unspecified atom stereocenters. The van der Waals surface area contributed by atoms with Crippen LogP contribution in [-0.4, -0.2) is 15.6 Å². The lowest BCUT2D eigenvalue weighted by atomic mass is 10.0. The highest BCUT2D eigenvalue weighted by atomic mass is 16.5. The minimum atomic E-state index is -0.101. The van der Waals surface area contributed by atoms with Crippen LogP contribution in [0, 0.1) is 13.8 Å². The number of nitrogens with zero attached hydrogens (tertiary/aromatic N) is 2. The van der Waals surface area contributed by atoms with Gasteiger partial charge in [0.15, 0.2) is 5.76 Å². The van der Waals surface area contributed by atoms with Gasteiger partial charge in [0.25, 0.3) is 0 Å². The van der Waals surface area contributed by atoms with E-state index >= 15 is 0 Å². The SMILES string of the molecule is Cc1ccc(-c2nn(-c3ccccc3)cc2/C=C2\Oc3ccc(C)cc3C2=O)cc1. The van der Waals surface area contributed by atoms with Crippen LogP contribution in [0.5, 0.6) is 5.75 Å². The van der Waals surface area contributed by atoms with Crippen molar-refractivity contribution in [2.75, 3.05) is 0 Å². The van der Waals surface area contributed by atoms with E-state index in [1.54, 1.807) is 6.08 Å². The number of hydrogen-bond acceptors (Lipinski definition) is 3. The Morgan fingerprint density at radius 2 is 1.63 bits per heavy atom. The number of carbonyl (C=O) groups is 1. The second kappa shape index (κ2) is 7.16. The van der Waals surface area contributed by atoms with Crippen LogP contribution in [0.1, 0.15) is 27.0 Å². The van der Waals surface area contributed by atoms with Gasteiger partial charge in [-0.15, -0.1) is 0 Å². The largest absolute Gasteiger partial charge is 0.452 e. The Morgan fingerprint density at radius 1 is 0.900 bits per heavy atom. The molecule has 1 aliphatic heterocycles. The van der Waals surface area contributed by atoms with E-state index in [1.807, 2.05) is 78.5 Å². The first-order valence-electron chi connectivity index (χ1n) is 9.85. The fraction of sp³-hybridized carbons (Fsp3) is 0.0769. The van der Waals surface area contributed by atoms with Gasteiger partial charge in [-0.2, -0.15) is 5.10 Å². The van der Waals surface area contributed by atoms with Gasteiger partial charge < -0.3 is 4.74 Å². The Hall–Kier alpha value is -3.92. The smallest absolute Gasteiger partial charge is 0.231 e. The van der Waals surface area contributed by atoms with Crippen molar-refractivity contribution in [1.82, 2.24) is 9.78 Å². The molecule has 3 aromatic carbocycles. The minimum absolute atomic E-state index is 0.101. The molecule has 30 heavy (non-hydrogen) atoms. The molecule has 0 amide bonds. The standard InChI is InChI=1S/C26H20N2O2/c1-17-8-11-19(12-9-17)25-20(16-28(27-25)21-6-4-3-5-7-21)15-24-26(29)22-14-18(2)10-13-23(22)30-24/h3-16H,1-2H3/b24-15-. The zero-order chi connectivity index (χ0) is 20.7. The zero-order valence-corrected chi connectivity index (χ0v) is 16.8. The van der Waals surface area contributed by atoms with Crippen molar-refractivity contribution in [2.24, 2.45) is 0 Å². The van der Waals surface area contributed by atoms with Crippen LogP contribution in [0.4, 0.5) is 0 Å². The zero-order valence-electron chi connectivity index (χ0n) is 16.8. The summed E-state index contributed by atoms with van der Waals surface area (Å²) >= 11 is 0. The van der Waals surface area contributed by atoms with E-state index in [9.17, 15) is 4.79 Å². The average molecular weight is 392 g/mol. The lowest BCUT2D eigenvalue weighted by Gasteiger charge is -2.02. The summed E-state index contributed by atoms with van der Waals surface area (Å²) in [6.07, 6.45) is 3.72. The van der Waals surface area contributed by atoms with Gasteiger partial charge >= 0.3 is 0 Å². The monoisotopic (exact) mass is 392 g/mol. The summed E-state index contributed by atoms with van der Waals surface area (Å²) in [6, 6.07) is 23.8. The second-order valence-electron chi connectivity index (χ2n) is 7.52. The third-order valence-corrected chi connectivity index (χ3v) is 5.20. The van der Waals surface area contributed by atoms with Crippen LogP contribution in [0.3, 0.4) is 0 Å². The molecule has 1 aromatic heterocycles. The van der Waals surface area contributed by atoms with Gasteiger partial charge in [0.05, 0.1) is 11.3 Å². The van der Waals surface area contributed by atoms with Gasteiger partial charge in [-0.1, -0.05) is 59.7 Å². The number of Topliss-reactive ketones (excluding diaryl/α,β-unsaturated/α-hetero) is 1.